The van der Waals surface area contributed by atoms with Crippen molar-refractivity contribution < 1.29 is 8.42 Å². The van der Waals surface area contributed by atoms with Crippen molar-refractivity contribution in [1.82, 2.24) is 15.0 Å². The summed E-state index contributed by atoms with van der Waals surface area (Å²) < 4.78 is 29.3. The van der Waals surface area contributed by atoms with Crippen LogP contribution in [0.15, 0.2) is 32.3 Å². The summed E-state index contributed by atoms with van der Waals surface area (Å²) in [4.78, 5) is 0.0856. The molecule has 0 bridgehead atoms. The van der Waals surface area contributed by atoms with Crippen LogP contribution in [0.4, 0.5) is 5.69 Å². The highest BCUT2D eigenvalue weighted by Crippen LogP contribution is 2.26. The minimum Gasteiger partial charge on any atom is -0.389 e. The maximum absolute atomic E-state index is 12.4. The molecule has 3 N–H and O–H groups in total. The number of rotatable bonds is 4. The van der Waals surface area contributed by atoms with Crippen LogP contribution < -0.4 is 10.5 Å². The van der Waals surface area contributed by atoms with Crippen LogP contribution in [0.3, 0.4) is 0 Å². The van der Waals surface area contributed by atoms with Crippen molar-refractivity contribution in [3.05, 3.63) is 32.8 Å². The van der Waals surface area contributed by atoms with Gasteiger partial charge in [0, 0.05) is 17.1 Å². The number of thiocarbonyl (C=S) groups is 1. The number of sulfonamides is 1. The van der Waals surface area contributed by atoms with E-state index in [0.717, 1.165) is 4.68 Å². The quantitative estimate of drug-likeness (QED) is 0.682. The predicted octanol–water partition coefficient (Wildman–Crippen LogP) is 1.78. The zero-order valence-corrected chi connectivity index (χ0v) is 15.3. The lowest BCUT2D eigenvalue weighted by atomic mass is 10.2. The number of nitrogens with two attached hydrogens (primary N) is 1. The van der Waals surface area contributed by atoms with E-state index in [2.05, 4.69) is 46.9 Å². The van der Waals surface area contributed by atoms with Crippen molar-refractivity contribution in [2.45, 2.75) is 5.03 Å². The van der Waals surface area contributed by atoms with Crippen LogP contribution in [0.1, 0.15) is 5.56 Å². The molecular weight excluding hydrogens is 446 g/mol. The number of nitrogens with zero attached hydrogens (tertiary/aromatic N) is 3. The smallest absolute Gasteiger partial charge is 0.281 e. The molecule has 2 aromatic rings. The number of anilines is 1. The Kier molecular flexibility index (Phi) is 4.66. The molecule has 0 spiro atoms. The number of hydrogen-bond donors (Lipinski definition) is 2. The van der Waals surface area contributed by atoms with Gasteiger partial charge in [0.1, 0.15) is 4.99 Å². The second-order valence-electron chi connectivity index (χ2n) is 3.97. The number of halogens is 2. The Bertz CT molecular complexity index is 799. The zero-order valence-electron chi connectivity index (χ0n) is 10.5. The first-order chi connectivity index (χ1) is 9.72. The lowest BCUT2D eigenvalue weighted by molar-refractivity contribution is 0.578. The Labute approximate surface area is 143 Å². The van der Waals surface area contributed by atoms with Crippen molar-refractivity contribution in [3.8, 4) is 0 Å². The van der Waals surface area contributed by atoms with E-state index in [-0.39, 0.29) is 20.3 Å². The normalized spacial score (nSPS) is 11.4. The maximum atomic E-state index is 12.4. The maximum Gasteiger partial charge on any atom is 0.281 e. The van der Waals surface area contributed by atoms with Crippen molar-refractivity contribution in [1.29, 1.82) is 0 Å². The lowest BCUT2D eigenvalue weighted by Gasteiger charge is -2.12. The predicted molar refractivity (Wildman–Crippen MR) is 89.5 cm³/mol. The van der Waals surface area contributed by atoms with Gasteiger partial charge in [-0.25, -0.2) is 4.68 Å². The van der Waals surface area contributed by atoms with Crippen LogP contribution in [-0.4, -0.2) is 28.4 Å². The number of aromatic nitrogens is 3. The highest BCUT2D eigenvalue weighted by atomic mass is 79.9. The molecule has 0 unspecified atom stereocenters. The summed E-state index contributed by atoms with van der Waals surface area (Å²) in [5, 5.41) is 7.19. The molecule has 1 aromatic carbocycles. The van der Waals surface area contributed by atoms with Crippen molar-refractivity contribution in [2.75, 3.05) is 4.72 Å². The van der Waals surface area contributed by atoms with E-state index in [4.69, 9.17) is 18.0 Å². The second-order valence-corrected chi connectivity index (χ2v) is 7.67. The molecule has 11 heteroatoms. The van der Waals surface area contributed by atoms with Gasteiger partial charge in [0.05, 0.1) is 5.69 Å². The Morgan fingerprint density at radius 2 is 2.10 bits per heavy atom. The van der Waals surface area contributed by atoms with Gasteiger partial charge in [-0.05, 0) is 34.1 Å². The second kappa shape index (κ2) is 5.99. The fourth-order valence-electron chi connectivity index (χ4n) is 1.62. The number of hydrogen-bond acceptors (Lipinski definition) is 5. The summed E-state index contributed by atoms with van der Waals surface area (Å²) >= 11 is 11.2. The zero-order chi connectivity index (χ0) is 15.8. The molecular formula is C10H9Br2N5O2S2. The molecule has 0 aliphatic rings. The third-order valence-corrected chi connectivity index (χ3v) is 5.45. The lowest BCUT2D eigenvalue weighted by Crippen LogP contribution is -2.20. The third kappa shape index (κ3) is 3.42. The molecule has 0 saturated heterocycles. The van der Waals surface area contributed by atoms with Crippen LogP contribution >= 0.6 is 44.1 Å². The Morgan fingerprint density at radius 1 is 1.43 bits per heavy atom. The fraction of sp³-hybridized carbons (Fsp3) is 0.100. The summed E-state index contributed by atoms with van der Waals surface area (Å²) in [5.74, 6) is 0. The van der Waals surface area contributed by atoms with Crippen LogP contribution in [0.25, 0.3) is 0 Å². The standard InChI is InChI=1S/C10H9Br2N5O2S2/c1-17-10(8(12)14-16-17)21(18,19)15-7-4-5(11)2-3-6(7)9(13)20/h2-4,15H,1H3,(H2,13,20). The molecule has 21 heavy (non-hydrogen) atoms. The van der Waals surface area contributed by atoms with Crippen molar-refractivity contribution in [3.63, 3.8) is 0 Å². The summed E-state index contributed by atoms with van der Waals surface area (Å²) in [6, 6.07) is 4.92. The molecule has 112 valence electrons. The molecule has 0 amide bonds. The molecule has 1 heterocycles. The molecule has 2 rings (SSSR count). The van der Waals surface area contributed by atoms with Crippen LogP contribution in [0.5, 0.6) is 0 Å². The van der Waals surface area contributed by atoms with E-state index < -0.39 is 10.0 Å². The van der Waals surface area contributed by atoms with Gasteiger partial charge >= 0.3 is 0 Å². The first kappa shape index (κ1) is 16.3. The fourth-order valence-corrected chi connectivity index (χ4v) is 4.32. The van der Waals surface area contributed by atoms with Crippen molar-refractivity contribution >= 4 is 64.8 Å². The number of benzene rings is 1. The summed E-state index contributed by atoms with van der Waals surface area (Å²) in [6.45, 7) is 0. The average Bonchev–Trinajstić information content (AvgIpc) is 2.68. The largest absolute Gasteiger partial charge is 0.389 e. The molecule has 0 radical (unpaired) electrons. The van der Waals surface area contributed by atoms with E-state index in [1.54, 1.807) is 18.2 Å². The van der Waals surface area contributed by atoms with E-state index in [0.29, 0.717) is 10.0 Å². The van der Waals surface area contributed by atoms with Gasteiger partial charge in [-0.2, -0.15) is 8.42 Å². The highest BCUT2D eigenvalue weighted by Gasteiger charge is 2.25. The van der Waals surface area contributed by atoms with Crippen LogP contribution in [0.2, 0.25) is 0 Å². The Morgan fingerprint density at radius 3 is 2.62 bits per heavy atom. The van der Waals surface area contributed by atoms with Crippen LogP contribution in [-0.2, 0) is 17.1 Å². The molecule has 0 aliphatic carbocycles. The third-order valence-electron chi connectivity index (χ3n) is 2.48. The van der Waals surface area contributed by atoms with Gasteiger partial charge in [0.15, 0.2) is 4.60 Å². The molecule has 1 aromatic heterocycles. The summed E-state index contributed by atoms with van der Waals surface area (Å²) in [6.07, 6.45) is 0. The SMILES string of the molecule is Cn1nnc(Br)c1S(=O)(=O)Nc1cc(Br)ccc1C(N)=S. The van der Waals surface area contributed by atoms with Gasteiger partial charge in [-0.15, -0.1) is 5.10 Å². The van der Waals surface area contributed by atoms with E-state index in [1.165, 1.54) is 7.05 Å². The van der Waals surface area contributed by atoms with Gasteiger partial charge in [0.2, 0.25) is 5.03 Å². The molecule has 7 nitrogen and oxygen atoms in total. The van der Waals surface area contributed by atoms with Crippen LogP contribution in [0, 0.1) is 0 Å². The topological polar surface area (TPSA) is 103 Å². The monoisotopic (exact) mass is 453 g/mol. The minimum absolute atomic E-state index is 0.0856. The van der Waals surface area contributed by atoms with Gasteiger partial charge in [-0.1, -0.05) is 33.4 Å². The summed E-state index contributed by atoms with van der Waals surface area (Å²) in [5.41, 5.74) is 6.29. The van der Waals surface area contributed by atoms with Crippen molar-refractivity contribution in [2.24, 2.45) is 12.8 Å². The molecule has 0 saturated carbocycles. The average molecular weight is 455 g/mol. The number of nitrogens with one attached hydrogen (secondary N) is 1. The van der Waals surface area contributed by atoms with Gasteiger partial charge < -0.3 is 5.73 Å². The first-order valence-corrected chi connectivity index (χ1v) is 8.87. The Hall–Kier alpha value is -1.04. The van der Waals surface area contributed by atoms with Gasteiger partial charge in [0.25, 0.3) is 10.0 Å². The highest BCUT2D eigenvalue weighted by molar-refractivity contribution is 9.10. The van der Waals surface area contributed by atoms with Gasteiger partial charge in [-0.3, -0.25) is 4.72 Å². The minimum atomic E-state index is -3.90. The summed E-state index contributed by atoms with van der Waals surface area (Å²) in [7, 11) is -2.43. The molecule has 0 aliphatic heterocycles. The molecule has 0 fully saturated rings. The number of aryl methyl sites for hydroxylation is 1. The van der Waals surface area contributed by atoms with E-state index >= 15 is 0 Å². The Balaban J connectivity index is 2.51. The van der Waals surface area contributed by atoms with E-state index in [1.807, 2.05) is 0 Å². The molecule has 0 atom stereocenters. The van der Waals surface area contributed by atoms with E-state index in [9.17, 15) is 8.42 Å². The first-order valence-electron chi connectivity index (χ1n) is 5.39.